The highest BCUT2D eigenvalue weighted by molar-refractivity contribution is 7.18. The zero-order chi connectivity index (χ0) is 13.4. The number of fused-ring (bicyclic) bond motifs is 1. The lowest BCUT2D eigenvalue weighted by atomic mass is 10.1. The molecule has 6 heteroatoms. The summed E-state index contributed by atoms with van der Waals surface area (Å²) in [4.78, 5) is 9.41. The average Bonchev–Trinajstić information content (AvgIpc) is 3.16. The van der Waals surface area contributed by atoms with Crippen molar-refractivity contribution in [2.24, 2.45) is 0 Å². The van der Waals surface area contributed by atoms with E-state index in [1.807, 2.05) is 24.4 Å². The number of nitrogens with zero attached hydrogens (tertiary/aromatic N) is 2. The number of rotatable bonds is 2. The summed E-state index contributed by atoms with van der Waals surface area (Å²) >= 11 is 1.79. The van der Waals surface area contributed by atoms with Gasteiger partial charge >= 0.3 is 0 Å². The Kier molecular flexibility index (Phi) is 5.75. The fourth-order valence-corrected chi connectivity index (χ4v) is 3.80. The van der Waals surface area contributed by atoms with Crippen molar-refractivity contribution in [3.8, 4) is 11.3 Å². The quantitative estimate of drug-likeness (QED) is 0.729. The summed E-state index contributed by atoms with van der Waals surface area (Å²) in [6, 6.07) is 12.8. The Hall–Kier alpha value is -1.20. The van der Waals surface area contributed by atoms with Crippen LogP contribution in [-0.4, -0.2) is 16.5 Å². The highest BCUT2D eigenvalue weighted by Gasteiger charge is 2.21. The van der Waals surface area contributed by atoms with Crippen LogP contribution in [0.25, 0.3) is 21.5 Å². The maximum absolute atomic E-state index is 4.86. The lowest BCUT2D eigenvalue weighted by Gasteiger charge is -2.04. The molecule has 1 aliphatic heterocycles. The Balaban J connectivity index is 0.000000882. The summed E-state index contributed by atoms with van der Waals surface area (Å²) in [5, 5.41) is 4.72. The van der Waals surface area contributed by atoms with Gasteiger partial charge in [0.1, 0.15) is 10.5 Å². The van der Waals surface area contributed by atoms with E-state index in [1.54, 1.807) is 11.3 Å². The molecule has 0 unspecified atom stereocenters. The Morgan fingerprint density at radius 2 is 1.91 bits per heavy atom. The second-order valence-electron chi connectivity index (χ2n) is 5.07. The van der Waals surface area contributed by atoms with Gasteiger partial charge in [-0.3, -0.25) is 4.98 Å². The third kappa shape index (κ3) is 3.10. The fourth-order valence-electron chi connectivity index (χ4n) is 2.72. The van der Waals surface area contributed by atoms with Crippen LogP contribution in [0.1, 0.15) is 23.9 Å². The van der Waals surface area contributed by atoms with Gasteiger partial charge in [0.25, 0.3) is 0 Å². The second kappa shape index (κ2) is 7.38. The molecule has 1 saturated heterocycles. The Bertz CT molecular complexity index is 739. The molecule has 3 aromatic rings. The van der Waals surface area contributed by atoms with Gasteiger partial charge in [-0.05, 0) is 25.5 Å². The molecular formula is C16H17Cl2N3S. The molecule has 4 rings (SSSR count). The molecule has 116 valence electrons. The molecule has 0 bridgehead atoms. The van der Waals surface area contributed by atoms with Gasteiger partial charge < -0.3 is 5.32 Å². The number of aromatic nitrogens is 2. The molecule has 0 spiro atoms. The van der Waals surface area contributed by atoms with Crippen molar-refractivity contribution < 1.29 is 0 Å². The molecule has 2 aromatic heterocycles. The molecule has 0 amide bonds. The van der Waals surface area contributed by atoms with Crippen LogP contribution in [0.4, 0.5) is 0 Å². The maximum atomic E-state index is 4.86. The van der Waals surface area contributed by atoms with Crippen molar-refractivity contribution in [3.05, 3.63) is 47.6 Å². The Morgan fingerprint density at radius 3 is 2.64 bits per heavy atom. The number of hydrogen-bond donors (Lipinski definition) is 1. The SMILES string of the molecule is Cl.Cl.c1ccc(-c2nccc3sc([C@@H]4CCCN4)nc23)cc1. The van der Waals surface area contributed by atoms with Crippen molar-refractivity contribution >= 4 is 46.4 Å². The Morgan fingerprint density at radius 1 is 1.09 bits per heavy atom. The fraction of sp³-hybridized carbons (Fsp3) is 0.250. The first kappa shape index (κ1) is 17.2. The van der Waals surface area contributed by atoms with E-state index in [-0.39, 0.29) is 24.8 Å². The third-order valence-electron chi connectivity index (χ3n) is 3.73. The molecule has 3 nitrogen and oxygen atoms in total. The molecule has 1 aliphatic rings. The molecule has 0 aliphatic carbocycles. The number of nitrogens with one attached hydrogen (secondary N) is 1. The predicted octanol–water partition coefficient (Wildman–Crippen LogP) is 4.63. The van der Waals surface area contributed by atoms with Crippen molar-refractivity contribution in [2.45, 2.75) is 18.9 Å². The summed E-state index contributed by atoms with van der Waals surface area (Å²) in [7, 11) is 0. The van der Waals surface area contributed by atoms with Crippen LogP contribution in [0.5, 0.6) is 0 Å². The topological polar surface area (TPSA) is 37.8 Å². The molecule has 1 aromatic carbocycles. The van der Waals surface area contributed by atoms with E-state index in [4.69, 9.17) is 4.98 Å². The molecule has 1 atom stereocenters. The maximum Gasteiger partial charge on any atom is 0.111 e. The van der Waals surface area contributed by atoms with Crippen LogP contribution in [0.2, 0.25) is 0 Å². The summed E-state index contributed by atoms with van der Waals surface area (Å²) in [5.41, 5.74) is 3.16. The van der Waals surface area contributed by atoms with Crippen LogP contribution in [0.15, 0.2) is 42.6 Å². The average molecular weight is 354 g/mol. The number of hydrogen-bond acceptors (Lipinski definition) is 4. The first-order valence-electron chi connectivity index (χ1n) is 6.96. The highest BCUT2D eigenvalue weighted by Crippen LogP contribution is 2.34. The zero-order valence-electron chi connectivity index (χ0n) is 11.9. The molecule has 1 N–H and O–H groups in total. The summed E-state index contributed by atoms with van der Waals surface area (Å²) in [6.07, 6.45) is 4.31. The minimum atomic E-state index is 0. The van der Waals surface area contributed by atoms with E-state index in [0.717, 1.165) is 23.3 Å². The highest BCUT2D eigenvalue weighted by atomic mass is 35.5. The molecule has 0 radical (unpaired) electrons. The van der Waals surface area contributed by atoms with Gasteiger partial charge in [-0.2, -0.15) is 0 Å². The third-order valence-corrected chi connectivity index (χ3v) is 4.86. The predicted molar refractivity (Wildman–Crippen MR) is 97.3 cm³/mol. The lowest BCUT2D eigenvalue weighted by molar-refractivity contribution is 0.644. The van der Waals surface area contributed by atoms with Crippen LogP contribution in [-0.2, 0) is 0 Å². The zero-order valence-corrected chi connectivity index (χ0v) is 14.3. The first-order valence-corrected chi connectivity index (χ1v) is 7.78. The standard InChI is InChI=1S/C16H15N3S.2ClH/c1-2-5-11(6-3-1)14-15-13(8-10-18-14)20-16(19-15)12-7-4-9-17-12;;/h1-3,5-6,8,10,12,17H,4,7,9H2;2*1H/t12-;;/m0../s1. The summed E-state index contributed by atoms with van der Waals surface area (Å²) < 4.78 is 1.22. The van der Waals surface area contributed by atoms with Crippen molar-refractivity contribution in [1.82, 2.24) is 15.3 Å². The largest absolute Gasteiger partial charge is 0.308 e. The van der Waals surface area contributed by atoms with E-state index in [1.165, 1.54) is 22.5 Å². The number of pyridine rings is 1. The van der Waals surface area contributed by atoms with Crippen LogP contribution >= 0.6 is 36.2 Å². The van der Waals surface area contributed by atoms with Gasteiger partial charge in [-0.25, -0.2) is 4.98 Å². The minimum absolute atomic E-state index is 0. The first-order chi connectivity index (χ1) is 9.92. The van der Waals surface area contributed by atoms with Crippen LogP contribution in [0, 0.1) is 0 Å². The molecule has 22 heavy (non-hydrogen) atoms. The van der Waals surface area contributed by atoms with Crippen molar-refractivity contribution in [2.75, 3.05) is 6.54 Å². The second-order valence-corrected chi connectivity index (χ2v) is 6.14. The van der Waals surface area contributed by atoms with E-state index in [2.05, 4.69) is 28.5 Å². The number of benzene rings is 1. The molecule has 0 saturated carbocycles. The Labute approximate surface area is 146 Å². The van der Waals surface area contributed by atoms with Gasteiger partial charge in [-0.1, -0.05) is 30.3 Å². The van der Waals surface area contributed by atoms with Crippen molar-refractivity contribution in [3.63, 3.8) is 0 Å². The molecular weight excluding hydrogens is 337 g/mol. The summed E-state index contributed by atoms with van der Waals surface area (Å²) in [5.74, 6) is 0. The van der Waals surface area contributed by atoms with E-state index in [0.29, 0.717) is 6.04 Å². The van der Waals surface area contributed by atoms with E-state index >= 15 is 0 Å². The smallest absolute Gasteiger partial charge is 0.111 e. The van der Waals surface area contributed by atoms with Crippen LogP contribution < -0.4 is 5.32 Å². The van der Waals surface area contributed by atoms with E-state index < -0.39 is 0 Å². The van der Waals surface area contributed by atoms with Gasteiger partial charge in [0.2, 0.25) is 0 Å². The van der Waals surface area contributed by atoms with Crippen LogP contribution in [0.3, 0.4) is 0 Å². The normalized spacial score (nSPS) is 17.0. The van der Waals surface area contributed by atoms with Gasteiger partial charge in [0.15, 0.2) is 0 Å². The van der Waals surface area contributed by atoms with Gasteiger partial charge in [0, 0.05) is 11.8 Å². The monoisotopic (exact) mass is 353 g/mol. The molecule has 1 fully saturated rings. The van der Waals surface area contributed by atoms with Gasteiger partial charge in [0.05, 0.1) is 16.4 Å². The number of halogens is 2. The van der Waals surface area contributed by atoms with Crippen molar-refractivity contribution in [1.29, 1.82) is 0 Å². The lowest BCUT2D eigenvalue weighted by Crippen LogP contribution is -2.12. The summed E-state index contributed by atoms with van der Waals surface area (Å²) in [6.45, 7) is 1.10. The van der Waals surface area contributed by atoms with Gasteiger partial charge in [-0.15, -0.1) is 36.2 Å². The van der Waals surface area contributed by atoms with E-state index in [9.17, 15) is 0 Å². The molecule has 3 heterocycles. The number of thiazole rings is 1. The minimum Gasteiger partial charge on any atom is -0.308 e.